The van der Waals surface area contributed by atoms with Gasteiger partial charge in [-0.1, -0.05) is 75.4 Å². The number of nitrogens with one attached hydrogen (secondary N) is 2. The summed E-state index contributed by atoms with van der Waals surface area (Å²) < 4.78 is 29.7. The van der Waals surface area contributed by atoms with Crippen LogP contribution in [0.5, 0.6) is 0 Å². The van der Waals surface area contributed by atoms with Gasteiger partial charge in [-0.2, -0.15) is 0 Å². The van der Waals surface area contributed by atoms with E-state index in [1.165, 1.54) is 6.07 Å². The van der Waals surface area contributed by atoms with Gasteiger partial charge in [-0.3, -0.25) is 9.63 Å². The zero-order valence-corrected chi connectivity index (χ0v) is 22.9. The lowest BCUT2D eigenvalue weighted by Crippen LogP contribution is -2.39. The maximum Gasteiger partial charge on any atom is 0.352 e. The first-order valence-electron chi connectivity index (χ1n) is 12.1. The second-order valence-electron chi connectivity index (χ2n) is 8.54. The van der Waals surface area contributed by atoms with Crippen LogP contribution in [0.2, 0.25) is 0 Å². The highest BCUT2D eigenvalue weighted by molar-refractivity contribution is 7.97. The van der Waals surface area contributed by atoms with E-state index in [-0.39, 0.29) is 16.6 Å². The number of unbranched alkanes of at least 4 members (excludes halogenated alkanes) is 1. The third-order valence-electron chi connectivity index (χ3n) is 5.66. The number of rotatable bonds is 12. The molecule has 0 fully saturated rings. The van der Waals surface area contributed by atoms with E-state index in [0.717, 1.165) is 30.7 Å². The summed E-state index contributed by atoms with van der Waals surface area (Å²) in [6.45, 7) is 6.46. The molecule has 0 unspecified atom stereocenters. The highest BCUT2D eigenvalue weighted by Crippen LogP contribution is 2.28. The molecule has 0 aliphatic rings. The number of hydrogen-bond acceptors (Lipinski definition) is 6. The number of imidazole rings is 1. The SMILES string of the molecule is CCCCc1nc(C)c(C(=O)S)n1Cc1ccc(-c2ccccc2S(=O)(=O)NC(=O)NOCCC)cc1. The summed E-state index contributed by atoms with van der Waals surface area (Å²) >= 11 is 4.05. The quantitative estimate of drug-likeness (QED) is 0.174. The van der Waals surface area contributed by atoms with Crippen LogP contribution in [0.1, 0.15) is 60.7 Å². The predicted octanol–water partition coefficient (Wildman–Crippen LogP) is 4.65. The number of nitrogens with zero attached hydrogens (tertiary/aromatic N) is 2. The van der Waals surface area contributed by atoms with Crippen LogP contribution in [0.15, 0.2) is 53.4 Å². The van der Waals surface area contributed by atoms with E-state index in [1.54, 1.807) is 25.1 Å². The summed E-state index contributed by atoms with van der Waals surface area (Å²) in [6.07, 6.45) is 3.39. The van der Waals surface area contributed by atoms with Gasteiger partial charge in [0.15, 0.2) is 0 Å². The molecule has 2 aromatic carbocycles. The lowest BCUT2D eigenvalue weighted by Gasteiger charge is -2.14. The van der Waals surface area contributed by atoms with Crippen LogP contribution in [-0.4, -0.2) is 35.7 Å². The van der Waals surface area contributed by atoms with Crippen molar-refractivity contribution in [2.45, 2.75) is 57.9 Å². The predicted molar refractivity (Wildman–Crippen MR) is 145 cm³/mol. The number of hydroxylamine groups is 1. The highest BCUT2D eigenvalue weighted by Gasteiger charge is 2.22. The van der Waals surface area contributed by atoms with Crippen molar-refractivity contribution in [1.29, 1.82) is 0 Å². The number of carbonyl (C=O) groups excluding carboxylic acids is 2. The average molecular weight is 545 g/mol. The minimum atomic E-state index is -4.16. The first kappa shape index (κ1) is 28.4. The standard InChI is InChI=1S/C26H32N4O5S2/c1-4-6-11-23-27-18(3)24(25(31)36)30(23)17-19-12-14-20(15-13-19)21-9-7-8-10-22(21)37(33,34)29-26(32)28-35-16-5-2/h7-10,12-15H,4-6,11,16-17H2,1-3H3,(H,31,36)(H2,28,29,32). The maximum absolute atomic E-state index is 12.9. The van der Waals surface area contributed by atoms with Gasteiger partial charge in [-0.25, -0.2) is 28.4 Å². The van der Waals surface area contributed by atoms with Gasteiger partial charge >= 0.3 is 6.03 Å². The van der Waals surface area contributed by atoms with Crippen molar-refractivity contribution >= 4 is 33.8 Å². The Balaban J connectivity index is 1.87. The van der Waals surface area contributed by atoms with Gasteiger partial charge in [0.05, 0.1) is 17.2 Å². The van der Waals surface area contributed by atoms with E-state index in [1.807, 2.05) is 40.5 Å². The topological polar surface area (TPSA) is 119 Å². The molecule has 0 saturated carbocycles. The van der Waals surface area contributed by atoms with Crippen molar-refractivity contribution in [1.82, 2.24) is 19.8 Å². The second-order valence-corrected chi connectivity index (χ2v) is 10.6. The Hall–Kier alpha value is -3.15. The Kier molecular flexibility index (Phi) is 9.90. The van der Waals surface area contributed by atoms with E-state index in [4.69, 9.17) is 4.84 Å². The highest BCUT2D eigenvalue weighted by atomic mass is 32.2. The molecule has 37 heavy (non-hydrogen) atoms. The molecule has 11 heteroatoms. The van der Waals surface area contributed by atoms with Crippen LogP contribution in [0.4, 0.5) is 4.79 Å². The van der Waals surface area contributed by atoms with Crippen molar-refractivity contribution in [3.05, 3.63) is 71.3 Å². The fourth-order valence-electron chi connectivity index (χ4n) is 3.93. The number of sulfonamides is 1. The number of carbonyl (C=O) groups is 2. The normalized spacial score (nSPS) is 11.4. The van der Waals surface area contributed by atoms with Crippen molar-refractivity contribution in [2.75, 3.05) is 6.61 Å². The van der Waals surface area contributed by atoms with E-state index >= 15 is 0 Å². The molecule has 9 nitrogen and oxygen atoms in total. The van der Waals surface area contributed by atoms with Gasteiger partial charge in [0, 0.05) is 18.5 Å². The molecule has 1 aromatic heterocycles. The molecule has 0 bridgehead atoms. The fourth-order valence-corrected chi connectivity index (χ4v) is 5.34. The van der Waals surface area contributed by atoms with Crippen molar-refractivity contribution in [2.24, 2.45) is 0 Å². The molecule has 0 aliphatic carbocycles. The zero-order chi connectivity index (χ0) is 27.0. The van der Waals surface area contributed by atoms with Crippen molar-refractivity contribution < 1.29 is 22.8 Å². The first-order chi connectivity index (χ1) is 17.7. The molecule has 2 N–H and O–H groups in total. The molecule has 3 rings (SSSR count). The number of aromatic nitrogens is 2. The first-order valence-corrected chi connectivity index (χ1v) is 14.0. The third kappa shape index (κ3) is 7.21. The van der Waals surface area contributed by atoms with E-state index < -0.39 is 16.1 Å². The van der Waals surface area contributed by atoms with Crippen LogP contribution in [0, 0.1) is 6.92 Å². The molecular formula is C26H32N4O5S2. The molecule has 1 heterocycles. The van der Waals surface area contributed by atoms with Gasteiger partial charge in [0.25, 0.3) is 10.0 Å². The molecule has 0 radical (unpaired) electrons. The number of aryl methyl sites for hydroxylation is 2. The van der Waals surface area contributed by atoms with Gasteiger partial charge in [0.1, 0.15) is 11.5 Å². The molecule has 0 atom stereocenters. The molecule has 198 valence electrons. The zero-order valence-electron chi connectivity index (χ0n) is 21.2. The van der Waals surface area contributed by atoms with Crippen LogP contribution >= 0.6 is 12.6 Å². The largest absolute Gasteiger partial charge is 0.352 e. The van der Waals surface area contributed by atoms with Gasteiger partial charge < -0.3 is 4.57 Å². The summed E-state index contributed by atoms with van der Waals surface area (Å²) in [7, 11) is -4.16. The molecule has 0 aliphatic heterocycles. The van der Waals surface area contributed by atoms with Gasteiger partial charge in [-0.05, 0) is 37.0 Å². The van der Waals surface area contributed by atoms with Crippen LogP contribution in [-0.2, 0) is 27.8 Å². The third-order valence-corrected chi connectivity index (χ3v) is 7.26. The minimum absolute atomic E-state index is 0.0385. The summed E-state index contributed by atoms with van der Waals surface area (Å²) in [5.41, 5.74) is 5.21. The Morgan fingerprint density at radius 2 is 1.76 bits per heavy atom. The molecule has 0 spiro atoms. The molecule has 3 aromatic rings. The van der Waals surface area contributed by atoms with Gasteiger partial charge in [-0.15, -0.1) is 0 Å². The lowest BCUT2D eigenvalue weighted by atomic mass is 10.0. The average Bonchev–Trinajstić information content (AvgIpc) is 3.17. The monoisotopic (exact) mass is 544 g/mol. The second kappa shape index (κ2) is 12.9. The Morgan fingerprint density at radius 1 is 1.05 bits per heavy atom. The summed E-state index contributed by atoms with van der Waals surface area (Å²) in [6, 6.07) is 12.8. The van der Waals surface area contributed by atoms with Crippen molar-refractivity contribution in [3.63, 3.8) is 0 Å². The van der Waals surface area contributed by atoms with E-state index in [0.29, 0.717) is 35.5 Å². The molecule has 2 amide bonds. The van der Waals surface area contributed by atoms with Crippen LogP contribution in [0.25, 0.3) is 11.1 Å². The molecular weight excluding hydrogens is 512 g/mol. The molecule has 0 saturated heterocycles. The number of thiol groups is 1. The van der Waals surface area contributed by atoms with Gasteiger partial charge in [0.2, 0.25) is 5.12 Å². The van der Waals surface area contributed by atoms with E-state index in [2.05, 4.69) is 30.0 Å². The number of hydrogen-bond donors (Lipinski definition) is 3. The minimum Gasteiger partial charge on any atom is -0.320 e. The smallest absolute Gasteiger partial charge is 0.320 e. The van der Waals surface area contributed by atoms with Crippen LogP contribution < -0.4 is 10.2 Å². The van der Waals surface area contributed by atoms with E-state index in [9.17, 15) is 18.0 Å². The number of benzene rings is 2. The van der Waals surface area contributed by atoms with Crippen molar-refractivity contribution in [3.8, 4) is 11.1 Å². The summed E-state index contributed by atoms with van der Waals surface area (Å²) in [5, 5.41) is -0.333. The maximum atomic E-state index is 12.9. The fraction of sp³-hybridized carbons (Fsp3) is 0.346. The number of amides is 2. The lowest BCUT2D eigenvalue weighted by molar-refractivity contribution is 0.0636. The Bertz CT molecular complexity index is 1350. The Morgan fingerprint density at radius 3 is 2.41 bits per heavy atom. The summed E-state index contributed by atoms with van der Waals surface area (Å²) in [4.78, 5) is 33.6. The van der Waals surface area contributed by atoms with Crippen LogP contribution in [0.3, 0.4) is 0 Å². The number of urea groups is 1. The Labute approximate surface area is 223 Å². The summed E-state index contributed by atoms with van der Waals surface area (Å²) in [5.74, 6) is 0.838.